The standard InChI is InChI=1S/C16H11BrN4O2/c17-11-1-2-14-13(8-11)21(5-6-23-14)16(22)10-7-12-15(20-9-10)19-4-3-18-12/h1-4,7-9H,5-6H2. The third-order valence-electron chi connectivity index (χ3n) is 3.60. The zero-order valence-electron chi connectivity index (χ0n) is 11.9. The fourth-order valence-corrected chi connectivity index (χ4v) is 2.88. The molecular weight excluding hydrogens is 360 g/mol. The summed E-state index contributed by atoms with van der Waals surface area (Å²) in [6.45, 7) is 0.946. The molecule has 0 unspecified atom stereocenters. The largest absolute Gasteiger partial charge is 0.490 e. The number of carbonyl (C=O) groups is 1. The van der Waals surface area contributed by atoms with E-state index in [1.165, 1.54) is 6.20 Å². The van der Waals surface area contributed by atoms with Crippen molar-refractivity contribution < 1.29 is 9.53 Å². The van der Waals surface area contributed by atoms with Crippen molar-refractivity contribution in [3.8, 4) is 5.75 Å². The number of hydrogen-bond acceptors (Lipinski definition) is 5. The van der Waals surface area contributed by atoms with E-state index in [0.717, 1.165) is 10.2 Å². The van der Waals surface area contributed by atoms with Crippen LogP contribution in [0.3, 0.4) is 0 Å². The van der Waals surface area contributed by atoms with Crippen molar-refractivity contribution >= 4 is 38.7 Å². The number of aromatic nitrogens is 3. The molecule has 3 aromatic rings. The van der Waals surface area contributed by atoms with Crippen LogP contribution in [0, 0.1) is 0 Å². The molecule has 0 spiro atoms. The van der Waals surface area contributed by atoms with E-state index < -0.39 is 0 Å². The lowest BCUT2D eigenvalue weighted by atomic mass is 10.2. The van der Waals surface area contributed by atoms with Gasteiger partial charge in [0.15, 0.2) is 5.65 Å². The lowest BCUT2D eigenvalue weighted by molar-refractivity contribution is 0.0976. The number of hydrogen-bond donors (Lipinski definition) is 0. The summed E-state index contributed by atoms with van der Waals surface area (Å²) < 4.78 is 6.50. The fourth-order valence-electron chi connectivity index (χ4n) is 2.53. The third kappa shape index (κ3) is 2.53. The predicted molar refractivity (Wildman–Crippen MR) is 88.6 cm³/mol. The summed E-state index contributed by atoms with van der Waals surface area (Å²) in [4.78, 5) is 27.1. The predicted octanol–water partition coefficient (Wildman–Crippen LogP) is 2.83. The Bertz CT molecular complexity index is 915. The second-order valence-electron chi connectivity index (χ2n) is 5.04. The van der Waals surface area contributed by atoms with Crippen LogP contribution in [0.25, 0.3) is 11.2 Å². The van der Waals surface area contributed by atoms with Crippen molar-refractivity contribution in [3.63, 3.8) is 0 Å². The highest BCUT2D eigenvalue weighted by Gasteiger charge is 2.25. The molecule has 0 saturated carbocycles. The number of nitrogens with zero attached hydrogens (tertiary/aromatic N) is 4. The average molecular weight is 371 g/mol. The zero-order valence-corrected chi connectivity index (χ0v) is 13.5. The second kappa shape index (κ2) is 5.58. The number of benzene rings is 1. The van der Waals surface area contributed by atoms with Crippen LogP contribution in [0.4, 0.5) is 5.69 Å². The van der Waals surface area contributed by atoms with Crippen LogP contribution >= 0.6 is 15.9 Å². The van der Waals surface area contributed by atoms with E-state index in [0.29, 0.717) is 35.6 Å². The SMILES string of the molecule is O=C(c1cnc2nccnc2c1)N1CCOc2ccc(Br)cc21. The Morgan fingerprint density at radius 1 is 1.17 bits per heavy atom. The Kier molecular flexibility index (Phi) is 3.42. The van der Waals surface area contributed by atoms with Crippen molar-refractivity contribution in [2.75, 3.05) is 18.1 Å². The summed E-state index contributed by atoms with van der Waals surface area (Å²) in [5, 5.41) is 0. The molecule has 0 aliphatic carbocycles. The lowest BCUT2D eigenvalue weighted by Crippen LogP contribution is -2.38. The maximum atomic E-state index is 12.9. The first kappa shape index (κ1) is 14.1. The molecule has 2 aromatic heterocycles. The molecule has 1 amide bonds. The maximum Gasteiger partial charge on any atom is 0.260 e. The Morgan fingerprint density at radius 2 is 2.04 bits per heavy atom. The van der Waals surface area contributed by atoms with Crippen LogP contribution in [0.5, 0.6) is 5.75 Å². The van der Waals surface area contributed by atoms with Crippen LogP contribution in [0.15, 0.2) is 47.3 Å². The van der Waals surface area contributed by atoms with Gasteiger partial charge in [-0.2, -0.15) is 0 Å². The van der Waals surface area contributed by atoms with Gasteiger partial charge >= 0.3 is 0 Å². The third-order valence-corrected chi connectivity index (χ3v) is 4.09. The van der Waals surface area contributed by atoms with Crippen LogP contribution < -0.4 is 9.64 Å². The first-order chi connectivity index (χ1) is 11.2. The molecule has 0 bridgehead atoms. The van der Waals surface area contributed by atoms with E-state index in [9.17, 15) is 4.79 Å². The molecule has 1 aromatic carbocycles. The zero-order chi connectivity index (χ0) is 15.8. The highest BCUT2D eigenvalue weighted by molar-refractivity contribution is 9.10. The van der Waals surface area contributed by atoms with E-state index in [2.05, 4.69) is 30.9 Å². The van der Waals surface area contributed by atoms with Crippen molar-refractivity contribution in [1.29, 1.82) is 0 Å². The van der Waals surface area contributed by atoms with Gasteiger partial charge in [-0.1, -0.05) is 15.9 Å². The van der Waals surface area contributed by atoms with Crippen LogP contribution in [0.1, 0.15) is 10.4 Å². The molecule has 114 valence electrons. The van der Waals surface area contributed by atoms with Gasteiger partial charge in [0.25, 0.3) is 5.91 Å². The molecule has 4 rings (SSSR count). The molecule has 0 saturated heterocycles. The minimum Gasteiger partial charge on any atom is -0.490 e. The Labute approximate surface area is 140 Å². The number of carbonyl (C=O) groups excluding carboxylic acids is 1. The monoisotopic (exact) mass is 370 g/mol. The van der Waals surface area contributed by atoms with Gasteiger partial charge in [0.2, 0.25) is 0 Å². The number of anilines is 1. The van der Waals surface area contributed by atoms with E-state index in [1.54, 1.807) is 23.4 Å². The van der Waals surface area contributed by atoms with Crippen LogP contribution in [-0.4, -0.2) is 34.0 Å². The highest BCUT2D eigenvalue weighted by Crippen LogP contribution is 2.34. The Balaban J connectivity index is 1.75. The fraction of sp³-hybridized carbons (Fsp3) is 0.125. The van der Waals surface area contributed by atoms with Crippen molar-refractivity contribution in [2.45, 2.75) is 0 Å². The van der Waals surface area contributed by atoms with Gasteiger partial charge in [-0.05, 0) is 24.3 Å². The number of rotatable bonds is 1. The van der Waals surface area contributed by atoms with Gasteiger partial charge in [-0.3, -0.25) is 9.78 Å². The van der Waals surface area contributed by atoms with E-state index >= 15 is 0 Å². The molecule has 1 aliphatic heterocycles. The van der Waals surface area contributed by atoms with Crippen LogP contribution in [0.2, 0.25) is 0 Å². The number of ether oxygens (including phenoxy) is 1. The second-order valence-corrected chi connectivity index (χ2v) is 5.96. The van der Waals surface area contributed by atoms with Crippen molar-refractivity contribution in [2.24, 2.45) is 0 Å². The van der Waals surface area contributed by atoms with E-state index in [-0.39, 0.29) is 5.91 Å². The smallest absolute Gasteiger partial charge is 0.260 e. The van der Waals surface area contributed by atoms with Gasteiger partial charge in [0.05, 0.1) is 17.8 Å². The molecule has 3 heterocycles. The van der Waals surface area contributed by atoms with Gasteiger partial charge in [0.1, 0.15) is 17.9 Å². The molecule has 1 aliphatic rings. The first-order valence-electron chi connectivity index (χ1n) is 7.03. The summed E-state index contributed by atoms with van der Waals surface area (Å²) in [7, 11) is 0. The molecular formula is C16H11BrN4O2. The van der Waals surface area contributed by atoms with E-state index in [4.69, 9.17) is 4.74 Å². The molecule has 23 heavy (non-hydrogen) atoms. The van der Waals surface area contributed by atoms with Crippen molar-refractivity contribution in [1.82, 2.24) is 15.0 Å². The molecule has 0 radical (unpaired) electrons. The quantitative estimate of drug-likeness (QED) is 0.658. The van der Waals surface area contributed by atoms with E-state index in [1.807, 2.05) is 18.2 Å². The first-order valence-corrected chi connectivity index (χ1v) is 7.83. The molecule has 0 fully saturated rings. The maximum absolute atomic E-state index is 12.9. The van der Waals surface area contributed by atoms with Crippen LogP contribution in [-0.2, 0) is 0 Å². The highest BCUT2D eigenvalue weighted by atomic mass is 79.9. The number of halogens is 1. The number of pyridine rings is 1. The summed E-state index contributed by atoms with van der Waals surface area (Å²) in [6, 6.07) is 7.33. The van der Waals surface area contributed by atoms with Gasteiger partial charge in [-0.25, -0.2) is 9.97 Å². The minimum absolute atomic E-state index is 0.132. The topological polar surface area (TPSA) is 68.2 Å². The summed E-state index contributed by atoms with van der Waals surface area (Å²) >= 11 is 3.43. The van der Waals surface area contributed by atoms with Crippen molar-refractivity contribution in [3.05, 3.63) is 52.9 Å². The van der Waals surface area contributed by atoms with Gasteiger partial charge < -0.3 is 9.64 Å². The summed E-state index contributed by atoms with van der Waals surface area (Å²) in [6.07, 6.45) is 4.69. The summed E-state index contributed by atoms with van der Waals surface area (Å²) in [5.74, 6) is 0.564. The Hall–Kier alpha value is -2.54. The molecule has 7 heteroatoms. The normalized spacial score (nSPS) is 13.5. The Morgan fingerprint density at radius 3 is 2.96 bits per heavy atom. The minimum atomic E-state index is -0.132. The molecule has 0 N–H and O–H groups in total. The summed E-state index contributed by atoms with van der Waals surface area (Å²) in [5.41, 5.74) is 2.34. The lowest BCUT2D eigenvalue weighted by Gasteiger charge is -2.29. The van der Waals surface area contributed by atoms with Gasteiger partial charge in [0, 0.05) is 23.1 Å². The molecule has 6 nitrogen and oxygen atoms in total. The molecule has 0 atom stereocenters. The number of amides is 1. The van der Waals surface area contributed by atoms with Gasteiger partial charge in [-0.15, -0.1) is 0 Å². The average Bonchev–Trinajstić information content (AvgIpc) is 2.60. The number of fused-ring (bicyclic) bond motifs is 2.